The largest absolute Gasteiger partial charge is 0.348 e. The van der Waals surface area contributed by atoms with E-state index in [1.54, 1.807) is 0 Å². The van der Waals surface area contributed by atoms with Crippen molar-refractivity contribution in [1.82, 2.24) is 14.8 Å². The molecule has 1 aromatic heterocycles. The van der Waals surface area contributed by atoms with Crippen LogP contribution in [0.5, 0.6) is 0 Å². The lowest BCUT2D eigenvalue weighted by atomic mass is 10.1. The molecule has 0 aliphatic carbocycles. The van der Waals surface area contributed by atoms with E-state index in [1.165, 1.54) is 22.2 Å². The Kier molecular flexibility index (Phi) is 3.10. The summed E-state index contributed by atoms with van der Waals surface area (Å²) in [6.45, 7) is 7.85. The Bertz CT molecular complexity index is 550. The highest BCUT2D eigenvalue weighted by atomic mass is 15.2. The van der Waals surface area contributed by atoms with Gasteiger partial charge in [0.15, 0.2) is 0 Å². The Hall–Kier alpha value is -1.32. The summed E-state index contributed by atoms with van der Waals surface area (Å²) in [5, 5.41) is 4.82. The molecule has 0 amide bonds. The Balaban J connectivity index is 1.97. The third-order valence-corrected chi connectivity index (χ3v) is 4.12. The molecule has 1 aliphatic rings. The molecule has 18 heavy (non-hydrogen) atoms. The van der Waals surface area contributed by atoms with E-state index in [0.717, 1.165) is 32.7 Å². The van der Waals surface area contributed by atoms with Gasteiger partial charge in [0.2, 0.25) is 0 Å². The molecule has 2 heterocycles. The van der Waals surface area contributed by atoms with Crippen molar-refractivity contribution in [2.45, 2.75) is 13.5 Å². The highest BCUT2D eigenvalue weighted by molar-refractivity contribution is 5.85. The quantitative estimate of drug-likeness (QED) is 0.869. The molecule has 0 spiro atoms. The third kappa shape index (κ3) is 1.93. The SMILES string of the molecule is Cc1c(CN2CCNCC2)c2ccccc2n1C. The molecule has 1 fully saturated rings. The smallest absolute Gasteiger partial charge is 0.0483 e. The number of hydrogen-bond acceptors (Lipinski definition) is 2. The van der Waals surface area contributed by atoms with E-state index in [4.69, 9.17) is 0 Å². The lowest BCUT2D eigenvalue weighted by Crippen LogP contribution is -2.42. The average Bonchev–Trinajstić information content (AvgIpc) is 2.66. The summed E-state index contributed by atoms with van der Waals surface area (Å²) in [6, 6.07) is 8.73. The van der Waals surface area contributed by atoms with Gasteiger partial charge in [-0.3, -0.25) is 4.90 Å². The summed E-state index contributed by atoms with van der Waals surface area (Å²) >= 11 is 0. The predicted octanol–water partition coefficient (Wildman–Crippen LogP) is 1.89. The maximum atomic E-state index is 3.41. The summed E-state index contributed by atoms with van der Waals surface area (Å²) < 4.78 is 2.31. The van der Waals surface area contributed by atoms with Crippen molar-refractivity contribution >= 4 is 10.9 Å². The number of rotatable bonds is 2. The number of piperazine rings is 1. The van der Waals surface area contributed by atoms with E-state index < -0.39 is 0 Å². The van der Waals surface area contributed by atoms with Crippen LogP contribution in [0.1, 0.15) is 11.3 Å². The van der Waals surface area contributed by atoms with Crippen molar-refractivity contribution in [2.75, 3.05) is 26.2 Å². The molecule has 0 bridgehead atoms. The molecule has 0 atom stereocenters. The van der Waals surface area contributed by atoms with Crippen LogP contribution < -0.4 is 5.32 Å². The van der Waals surface area contributed by atoms with E-state index in [-0.39, 0.29) is 0 Å². The summed E-state index contributed by atoms with van der Waals surface area (Å²) in [4.78, 5) is 2.55. The number of nitrogens with one attached hydrogen (secondary N) is 1. The van der Waals surface area contributed by atoms with E-state index in [0.29, 0.717) is 0 Å². The van der Waals surface area contributed by atoms with Gasteiger partial charge < -0.3 is 9.88 Å². The number of nitrogens with zero attached hydrogens (tertiary/aromatic N) is 2. The molecule has 0 saturated carbocycles. The van der Waals surface area contributed by atoms with Crippen molar-refractivity contribution in [3.63, 3.8) is 0 Å². The molecule has 2 aromatic rings. The van der Waals surface area contributed by atoms with Gasteiger partial charge in [0.1, 0.15) is 0 Å². The fourth-order valence-corrected chi connectivity index (χ4v) is 2.89. The first-order valence-electron chi connectivity index (χ1n) is 6.73. The molecule has 1 saturated heterocycles. The monoisotopic (exact) mass is 243 g/mol. The van der Waals surface area contributed by atoms with Crippen LogP contribution in [0.2, 0.25) is 0 Å². The zero-order valence-corrected chi connectivity index (χ0v) is 11.2. The Morgan fingerprint density at radius 1 is 1.17 bits per heavy atom. The van der Waals surface area contributed by atoms with Crippen molar-refractivity contribution in [3.8, 4) is 0 Å². The minimum Gasteiger partial charge on any atom is -0.348 e. The number of aryl methyl sites for hydroxylation is 1. The lowest BCUT2D eigenvalue weighted by Gasteiger charge is -2.27. The Morgan fingerprint density at radius 2 is 1.89 bits per heavy atom. The first kappa shape index (κ1) is 11.8. The predicted molar refractivity (Wildman–Crippen MR) is 75.8 cm³/mol. The maximum absolute atomic E-state index is 3.41. The molecular formula is C15H21N3. The lowest BCUT2D eigenvalue weighted by molar-refractivity contribution is 0.233. The number of para-hydroxylation sites is 1. The number of aromatic nitrogens is 1. The average molecular weight is 243 g/mol. The van der Waals surface area contributed by atoms with Crippen LogP contribution in [0.3, 0.4) is 0 Å². The van der Waals surface area contributed by atoms with Crippen LogP contribution in [-0.4, -0.2) is 35.6 Å². The van der Waals surface area contributed by atoms with Crippen LogP contribution in [0.4, 0.5) is 0 Å². The van der Waals surface area contributed by atoms with Crippen molar-refractivity contribution in [2.24, 2.45) is 7.05 Å². The summed E-state index contributed by atoms with van der Waals surface area (Å²) in [7, 11) is 2.17. The molecule has 3 rings (SSSR count). The minimum absolute atomic E-state index is 1.08. The first-order chi connectivity index (χ1) is 8.77. The topological polar surface area (TPSA) is 20.2 Å². The number of benzene rings is 1. The summed E-state index contributed by atoms with van der Waals surface area (Å²) in [6.07, 6.45) is 0. The zero-order chi connectivity index (χ0) is 12.5. The van der Waals surface area contributed by atoms with Gasteiger partial charge in [-0.25, -0.2) is 0 Å². The Morgan fingerprint density at radius 3 is 2.67 bits per heavy atom. The van der Waals surface area contributed by atoms with Crippen molar-refractivity contribution < 1.29 is 0 Å². The normalized spacial score (nSPS) is 17.4. The second-order valence-corrected chi connectivity index (χ2v) is 5.17. The Labute approximate surface area is 108 Å². The van der Waals surface area contributed by atoms with Gasteiger partial charge in [-0.1, -0.05) is 18.2 Å². The second kappa shape index (κ2) is 4.75. The highest BCUT2D eigenvalue weighted by Crippen LogP contribution is 2.25. The third-order valence-electron chi connectivity index (χ3n) is 4.12. The van der Waals surface area contributed by atoms with Gasteiger partial charge in [0, 0.05) is 56.4 Å². The van der Waals surface area contributed by atoms with Gasteiger partial charge in [0.05, 0.1) is 0 Å². The van der Waals surface area contributed by atoms with Gasteiger partial charge >= 0.3 is 0 Å². The van der Waals surface area contributed by atoms with Crippen LogP contribution in [0.15, 0.2) is 24.3 Å². The van der Waals surface area contributed by atoms with Crippen molar-refractivity contribution in [3.05, 3.63) is 35.5 Å². The summed E-state index contributed by atoms with van der Waals surface area (Å²) in [5.74, 6) is 0. The van der Waals surface area contributed by atoms with Crippen molar-refractivity contribution in [1.29, 1.82) is 0 Å². The standard InChI is InChI=1S/C15H21N3/c1-12-14(11-18-9-7-16-8-10-18)13-5-3-4-6-15(13)17(12)2/h3-6,16H,7-11H2,1-2H3. The van der Waals surface area contributed by atoms with Crippen LogP contribution in [0.25, 0.3) is 10.9 Å². The summed E-state index contributed by atoms with van der Waals surface area (Å²) in [5.41, 5.74) is 4.24. The molecule has 1 N–H and O–H groups in total. The minimum atomic E-state index is 1.08. The van der Waals surface area contributed by atoms with Gasteiger partial charge in [-0.15, -0.1) is 0 Å². The molecule has 3 heteroatoms. The van der Waals surface area contributed by atoms with Gasteiger partial charge in [0.25, 0.3) is 0 Å². The highest BCUT2D eigenvalue weighted by Gasteiger charge is 2.16. The fraction of sp³-hybridized carbons (Fsp3) is 0.467. The maximum Gasteiger partial charge on any atom is 0.0483 e. The van der Waals surface area contributed by atoms with Crippen LogP contribution in [0, 0.1) is 6.92 Å². The van der Waals surface area contributed by atoms with Gasteiger partial charge in [-0.2, -0.15) is 0 Å². The fourth-order valence-electron chi connectivity index (χ4n) is 2.89. The van der Waals surface area contributed by atoms with E-state index in [9.17, 15) is 0 Å². The van der Waals surface area contributed by atoms with Gasteiger partial charge in [-0.05, 0) is 18.6 Å². The van der Waals surface area contributed by atoms with E-state index in [1.807, 2.05) is 0 Å². The molecule has 1 aliphatic heterocycles. The van der Waals surface area contributed by atoms with E-state index in [2.05, 4.69) is 53.0 Å². The zero-order valence-electron chi connectivity index (χ0n) is 11.2. The second-order valence-electron chi connectivity index (χ2n) is 5.17. The molecule has 0 radical (unpaired) electrons. The molecule has 96 valence electrons. The molecular weight excluding hydrogens is 222 g/mol. The van der Waals surface area contributed by atoms with Crippen LogP contribution in [-0.2, 0) is 13.6 Å². The number of hydrogen-bond donors (Lipinski definition) is 1. The number of fused-ring (bicyclic) bond motifs is 1. The molecule has 0 unspecified atom stereocenters. The molecule has 3 nitrogen and oxygen atoms in total. The first-order valence-corrected chi connectivity index (χ1v) is 6.73. The molecule has 1 aromatic carbocycles. The van der Waals surface area contributed by atoms with E-state index >= 15 is 0 Å². The van der Waals surface area contributed by atoms with Crippen LogP contribution >= 0.6 is 0 Å².